The Morgan fingerprint density at radius 1 is 0.750 bits per heavy atom. The van der Waals surface area contributed by atoms with Gasteiger partial charge in [-0.2, -0.15) is 0 Å². The fourth-order valence-corrected chi connectivity index (χ4v) is 6.46. The maximum atomic E-state index is 13.5. The molecule has 6 rings (SSSR count). The molecule has 1 amide bonds. The van der Waals surface area contributed by atoms with Gasteiger partial charge < -0.3 is 14.4 Å². The first-order chi connectivity index (χ1) is 21.6. The Balaban J connectivity index is 1.17. The van der Waals surface area contributed by atoms with E-state index in [1.807, 2.05) is 58.0 Å². The summed E-state index contributed by atoms with van der Waals surface area (Å²) in [6.07, 6.45) is 0. The first kappa shape index (κ1) is 29.5. The minimum atomic E-state index is 0.0952. The van der Waals surface area contributed by atoms with E-state index in [1.54, 1.807) is 14.2 Å². The summed E-state index contributed by atoms with van der Waals surface area (Å²) in [5.41, 5.74) is 4.27. The number of benzene rings is 4. The van der Waals surface area contributed by atoms with Crippen LogP contribution in [0.25, 0.3) is 17.1 Å². The van der Waals surface area contributed by atoms with Gasteiger partial charge in [-0.15, -0.1) is 10.2 Å². The van der Waals surface area contributed by atoms with Crippen LogP contribution in [0.1, 0.15) is 17.2 Å². The van der Waals surface area contributed by atoms with E-state index >= 15 is 0 Å². The van der Waals surface area contributed by atoms with Crippen molar-refractivity contribution in [3.8, 4) is 28.6 Å². The summed E-state index contributed by atoms with van der Waals surface area (Å²) >= 11 is 1.40. The van der Waals surface area contributed by atoms with Gasteiger partial charge in [0.2, 0.25) is 5.91 Å². The molecule has 0 atom stereocenters. The molecule has 2 heterocycles. The van der Waals surface area contributed by atoms with Gasteiger partial charge in [0.15, 0.2) is 11.0 Å². The molecule has 0 radical (unpaired) electrons. The van der Waals surface area contributed by atoms with Crippen molar-refractivity contribution in [2.75, 3.05) is 46.2 Å². The molecule has 4 aromatic carbocycles. The van der Waals surface area contributed by atoms with E-state index in [0.29, 0.717) is 24.1 Å². The Hall–Kier alpha value is -4.60. The Kier molecular flexibility index (Phi) is 9.24. The molecule has 8 nitrogen and oxygen atoms in total. The van der Waals surface area contributed by atoms with Gasteiger partial charge in [-0.1, -0.05) is 84.6 Å². The molecule has 0 N–H and O–H groups in total. The zero-order valence-corrected chi connectivity index (χ0v) is 25.7. The normalized spacial score (nSPS) is 13.7. The highest BCUT2D eigenvalue weighted by molar-refractivity contribution is 7.99. The summed E-state index contributed by atoms with van der Waals surface area (Å²) in [7, 11) is 3.29. The molecule has 0 saturated carbocycles. The van der Waals surface area contributed by atoms with E-state index in [2.05, 4.69) is 75.8 Å². The number of thioether (sulfide) groups is 1. The van der Waals surface area contributed by atoms with Gasteiger partial charge in [0.25, 0.3) is 0 Å². The van der Waals surface area contributed by atoms with Gasteiger partial charge in [0, 0.05) is 37.4 Å². The van der Waals surface area contributed by atoms with E-state index in [1.165, 1.54) is 22.9 Å². The summed E-state index contributed by atoms with van der Waals surface area (Å²) in [6, 6.07) is 36.8. The summed E-state index contributed by atoms with van der Waals surface area (Å²) < 4.78 is 12.8. The Labute approximate surface area is 262 Å². The van der Waals surface area contributed by atoms with E-state index < -0.39 is 0 Å². The third kappa shape index (κ3) is 6.49. The number of carbonyl (C=O) groups is 1. The van der Waals surface area contributed by atoms with E-state index in [0.717, 1.165) is 35.8 Å². The second-order valence-corrected chi connectivity index (χ2v) is 11.4. The van der Waals surface area contributed by atoms with Crippen LogP contribution in [0.3, 0.4) is 0 Å². The van der Waals surface area contributed by atoms with Crippen LogP contribution < -0.4 is 9.47 Å². The summed E-state index contributed by atoms with van der Waals surface area (Å²) in [4.78, 5) is 17.9. The lowest BCUT2D eigenvalue weighted by Crippen LogP contribution is -2.50. The first-order valence-corrected chi connectivity index (χ1v) is 15.6. The number of methoxy groups -OCH3 is 2. The number of amides is 1. The maximum absolute atomic E-state index is 13.5. The number of hydrogen-bond donors (Lipinski definition) is 0. The van der Waals surface area contributed by atoms with Crippen LogP contribution in [0.2, 0.25) is 0 Å². The number of aromatic nitrogens is 3. The number of hydrogen-bond acceptors (Lipinski definition) is 7. The van der Waals surface area contributed by atoms with Gasteiger partial charge in [-0.05, 0) is 47.5 Å². The van der Waals surface area contributed by atoms with E-state index in [-0.39, 0.29) is 17.7 Å². The lowest BCUT2D eigenvalue weighted by molar-refractivity contribution is -0.130. The van der Waals surface area contributed by atoms with Crippen molar-refractivity contribution in [1.29, 1.82) is 0 Å². The fourth-order valence-electron chi connectivity index (χ4n) is 5.61. The standard InChI is InChI=1S/C35H35N5O3S/c1-42-30-18-16-29(17-19-30)40-34(28-14-9-15-31(24-28)43-2)36-37-35(40)44-25-32(41)38-20-22-39(23-21-38)33(26-10-5-3-6-11-26)27-12-7-4-8-13-27/h3-19,24,33H,20-23,25H2,1-2H3. The monoisotopic (exact) mass is 605 g/mol. The molecular weight excluding hydrogens is 570 g/mol. The molecule has 0 bridgehead atoms. The molecule has 5 aromatic rings. The predicted molar refractivity (Wildman–Crippen MR) is 174 cm³/mol. The van der Waals surface area contributed by atoms with Crippen molar-refractivity contribution in [3.63, 3.8) is 0 Å². The zero-order chi connectivity index (χ0) is 30.3. The van der Waals surface area contributed by atoms with Gasteiger partial charge in [0.1, 0.15) is 11.5 Å². The molecule has 1 aromatic heterocycles. The van der Waals surface area contributed by atoms with Crippen LogP contribution in [-0.4, -0.2) is 76.6 Å². The number of carbonyl (C=O) groups excluding carboxylic acids is 1. The van der Waals surface area contributed by atoms with Crippen LogP contribution >= 0.6 is 11.8 Å². The van der Waals surface area contributed by atoms with Gasteiger partial charge in [-0.3, -0.25) is 14.3 Å². The number of rotatable bonds is 10. The Bertz CT molecular complexity index is 1630. The van der Waals surface area contributed by atoms with Gasteiger partial charge >= 0.3 is 0 Å². The number of ether oxygens (including phenoxy) is 2. The highest BCUT2D eigenvalue weighted by Crippen LogP contribution is 2.32. The quantitative estimate of drug-likeness (QED) is 0.182. The Morgan fingerprint density at radius 3 is 2.00 bits per heavy atom. The summed E-state index contributed by atoms with van der Waals surface area (Å²) in [6.45, 7) is 2.95. The molecule has 0 aliphatic carbocycles. The molecule has 0 spiro atoms. The first-order valence-electron chi connectivity index (χ1n) is 14.6. The van der Waals surface area contributed by atoms with Gasteiger partial charge in [-0.25, -0.2) is 0 Å². The van der Waals surface area contributed by atoms with Crippen molar-refractivity contribution in [2.45, 2.75) is 11.2 Å². The second kappa shape index (κ2) is 13.8. The summed E-state index contributed by atoms with van der Waals surface area (Å²) in [5, 5.41) is 9.69. The molecule has 0 unspecified atom stereocenters. The lowest BCUT2D eigenvalue weighted by Gasteiger charge is -2.39. The second-order valence-electron chi connectivity index (χ2n) is 10.5. The fraction of sp³-hybridized carbons (Fsp3) is 0.229. The minimum absolute atomic E-state index is 0.0952. The smallest absolute Gasteiger partial charge is 0.233 e. The highest BCUT2D eigenvalue weighted by Gasteiger charge is 2.28. The predicted octanol–water partition coefficient (Wildman–Crippen LogP) is 5.98. The van der Waals surface area contributed by atoms with Crippen molar-refractivity contribution in [1.82, 2.24) is 24.6 Å². The Morgan fingerprint density at radius 2 is 1.39 bits per heavy atom. The molecule has 44 heavy (non-hydrogen) atoms. The third-order valence-electron chi connectivity index (χ3n) is 7.88. The van der Waals surface area contributed by atoms with Crippen LogP contribution in [0, 0.1) is 0 Å². The van der Waals surface area contributed by atoms with Crippen molar-refractivity contribution < 1.29 is 14.3 Å². The average Bonchev–Trinajstić information content (AvgIpc) is 3.52. The zero-order valence-electron chi connectivity index (χ0n) is 24.9. The SMILES string of the molecule is COc1ccc(-n2c(SCC(=O)N3CCN(C(c4ccccc4)c4ccccc4)CC3)nnc2-c2cccc(OC)c2)cc1. The maximum Gasteiger partial charge on any atom is 0.233 e. The van der Waals surface area contributed by atoms with E-state index in [9.17, 15) is 4.79 Å². The molecule has 1 aliphatic heterocycles. The third-order valence-corrected chi connectivity index (χ3v) is 8.79. The largest absolute Gasteiger partial charge is 0.497 e. The molecule has 1 aliphatic rings. The van der Waals surface area contributed by atoms with Crippen molar-refractivity contribution in [3.05, 3.63) is 120 Å². The minimum Gasteiger partial charge on any atom is -0.497 e. The average molecular weight is 606 g/mol. The van der Waals surface area contributed by atoms with E-state index in [4.69, 9.17) is 9.47 Å². The van der Waals surface area contributed by atoms with Crippen molar-refractivity contribution in [2.24, 2.45) is 0 Å². The van der Waals surface area contributed by atoms with Gasteiger partial charge in [0.05, 0.1) is 26.0 Å². The molecule has 224 valence electrons. The summed E-state index contributed by atoms with van der Waals surface area (Å²) in [5.74, 6) is 2.53. The van der Waals surface area contributed by atoms with Crippen LogP contribution in [-0.2, 0) is 4.79 Å². The highest BCUT2D eigenvalue weighted by atomic mass is 32.2. The molecule has 9 heteroatoms. The van der Waals surface area contributed by atoms with Crippen LogP contribution in [0.4, 0.5) is 0 Å². The molecule has 1 saturated heterocycles. The molecule has 1 fully saturated rings. The molecular formula is C35H35N5O3S. The van der Waals surface area contributed by atoms with Crippen LogP contribution in [0.15, 0.2) is 114 Å². The van der Waals surface area contributed by atoms with Crippen LogP contribution in [0.5, 0.6) is 11.5 Å². The van der Waals surface area contributed by atoms with Crippen molar-refractivity contribution >= 4 is 17.7 Å². The lowest BCUT2D eigenvalue weighted by atomic mass is 9.96. The number of nitrogens with zero attached hydrogens (tertiary/aromatic N) is 5. The number of piperazine rings is 1. The topological polar surface area (TPSA) is 72.7 Å².